The fourth-order valence-corrected chi connectivity index (χ4v) is 7.46. The molecule has 1 aliphatic heterocycles. The molecule has 1 saturated carbocycles. The molecule has 2 fully saturated rings. The van der Waals surface area contributed by atoms with Crippen molar-refractivity contribution in [2.24, 2.45) is 7.05 Å². The number of H-pyrrole nitrogens is 1. The first kappa shape index (κ1) is 29.7. The number of amides is 1. The van der Waals surface area contributed by atoms with Gasteiger partial charge in [0, 0.05) is 79.5 Å². The quantitative estimate of drug-likeness (QED) is 0.346. The van der Waals surface area contributed by atoms with Crippen molar-refractivity contribution in [3.63, 3.8) is 0 Å². The van der Waals surface area contributed by atoms with E-state index >= 15 is 0 Å². The van der Waals surface area contributed by atoms with Crippen LogP contribution in [0.25, 0.3) is 10.9 Å². The summed E-state index contributed by atoms with van der Waals surface area (Å²) in [6, 6.07) is 4.97. The fraction of sp³-hybridized carbons (Fsp3) is 0.581. The van der Waals surface area contributed by atoms with Gasteiger partial charge < -0.3 is 19.9 Å². The molecule has 1 aliphatic carbocycles. The molecule has 9 nitrogen and oxygen atoms in total. The second-order valence-electron chi connectivity index (χ2n) is 11.4. The Bertz CT molecular complexity index is 1450. The number of hydrogen-bond donors (Lipinski definition) is 2. The summed E-state index contributed by atoms with van der Waals surface area (Å²) in [4.78, 5) is 35.4. The van der Waals surface area contributed by atoms with Crippen molar-refractivity contribution in [1.29, 1.82) is 0 Å². The van der Waals surface area contributed by atoms with E-state index in [0.29, 0.717) is 29.3 Å². The maximum atomic E-state index is 13.8. The molecular formula is C31H44N6O3S. The van der Waals surface area contributed by atoms with Gasteiger partial charge in [0.05, 0.1) is 23.5 Å². The van der Waals surface area contributed by atoms with Gasteiger partial charge in [-0.25, -0.2) is 0 Å². The van der Waals surface area contributed by atoms with Crippen molar-refractivity contribution in [2.45, 2.75) is 82.5 Å². The number of fused-ring (bicyclic) bond motifs is 1. The zero-order valence-electron chi connectivity index (χ0n) is 25.2. The molecule has 0 bridgehead atoms. The van der Waals surface area contributed by atoms with Gasteiger partial charge in [0.15, 0.2) is 0 Å². The van der Waals surface area contributed by atoms with Gasteiger partial charge in [-0.1, -0.05) is 6.92 Å². The Hall–Kier alpha value is -2.82. The third kappa shape index (κ3) is 5.79. The average Bonchev–Trinajstić information content (AvgIpc) is 3.32. The Labute approximate surface area is 247 Å². The van der Waals surface area contributed by atoms with E-state index in [1.807, 2.05) is 43.2 Å². The number of anilines is 1. The number of nitrogens with zero attached hydrogens (tertiary/aromatic N) is 4. The van der Waals surface area contributed by atoms with Gasteiger partial charge in [0.25, 0.3) is 11.5 Å². The Morgan fingerprint density at radius 3 is 2.56 bits per heavy atom. The average molecular weight is 581 g/mol. The molecular weight excluding hydrogens is 536 g/mol. The molecule has 222 valence electrons. The number of pyridine rings is 1. The predicted molar refractivity (Wildman–Crippen MR) is 166 cm³/mol. The molecule has 41 heavy (non-hydrogen) atoms. The van der Waals surface area contributed by atoms with Crippen molar-refractivity contribution in [1.82, 2.24) is 25.0 Å². The number of thioether (sulfide) groups is 1. The van der Waals surface area contributed by atoms with E-state index in [1.165, 1.54) is 24.6 Å². The predicted octanol–water partition coefficient (Wildman–Crippen LogP) is 4.25. The van der Waals surface area contributed by atoms with Crippen LogP contribution in [0.1, 0.15) is 66.7 Å². The minimum absolute atomic E-state index is 0.156. The second kappa shape index (κ2) is 12.6. The van der Waals surface area contributed by atoms with E-state index in [2.05, 4.69) is 39.0 Å². The zero-order chi connectivity index (χ0) is 29.3. The monoisotopic (exact) mass is 580 g/mol. The lowest BCUT2D eigenvalue weighted by Crippen LogP contribution is -2.57. The number of hydrogen-bond acceptors (Lipinski definition) is 7. The Morgan fingerprint density at radius 2 is 1.93 bits per heavy atom. The number of likely N-dealkylation sites (tertiary alicyclic amines) is 1. The number of aromatic nitrogens is 3. The van der Waals surface area contributed by atoms with Crippen LogP contribution in [0.5, 0.6) is 0 Å². The highest BCUT2D eigenvalue weighted by atomic mass is 32.2. The van der Waals surface area contributed by atoms with Crippen LogP contribution in [0, 0.1) is 6.92 Å². The van der Waals surface area contributed by atoms with Crippen molar-refractivity contribution < 1.29 is 9.53 Å². The van der Waals surface area contributed by atoms with Crippen LogP contribution in [-0.2, 0) is 24.8 Å². The van der Waals surface area contributed by atoms with Crippen molar-refractivity contribution >= 4 is 34.3 Å². The molecule has 10 heteroatoms. The third-order valence-electron chi connectivity index (χ3n) is 9.07. The second-order valence-corrected chi connectivity index (χ2v) is 12.2. The molecule has 5 rings (SSSR count). The summed E-state index contributed by atoms with van der Waals surface area (Å²) in [7, 11) is 3.73. The summed E-state index contributed by atoms with van der Waals surface area (Å²) < 4.78 is 7.35. The maximum absolute atomic E-state index is 13.8. The summed E-state index contributed by atoms with van der Waals surface area (Å²) in [5.41, 5.74) is 5.02. The number of aromatic amines is 1. The van der Waals surface area contributed by atoms with E-state index in [4.69, 9.17) is 4.74 Å². The summed E-state index contributed by atoms with van der Waals surface area (Å²) in [6.07, 6.45) is 9.62. The molecule has 2 aliphatic rings. The normalized spacial score (nSPS) is 19.9. The highest BCUT2D eigenvalue weighted by Crippen LogP contribution is 2.39. The summed E-state index contributed by atoms with van der Waals surface area (Å²) >= 11 is 1.52. The van der Waals surface area contributed by atoms with E-state index in [1.54, 1.807) is 7.11 Å². The number of aryl methyl sites for hydroxylation is 2. The van der Waals surface area contributed by atoms with Gasteiger partial charge in [0.2, 0.25) is 0 Å². The lowest BCUT2D eigenvalue weighted by molar-refractivity contribution is -0.0578. The minimum atomic E-state index is -0.163. The fourth-order valence-electron chi connectivity index (χ4n) is 6.75. The largest absolute Gasteiger partial charge is 0.379 e. The molecule has 0 radical (unpaired) electrons. The number of carbonyl (C=O) groups is 1. The molecule has 3 heterocycles. The molecule has 1 amide bonds. The van der Waals surface area contributed by atoms with Gasteiger partial charge in [-0.05, 0) is 69.9 Å². The van der Waals surface area contributed by atoms with Gasteiger partial charge in [-0.2, -0.15) is 5.10 Å². The van der Waals surface area contributed by atoms with E-state index in [9.17, 15) is 9.59 Å². The SMILES string of the molecule is CCc1c(C(=O)NCc2c(SC)cc(C)[nH]c2=O)cc2c(cnn2C)c1N(CC)C1CCC(N2CC(OC)C2)CC1. The van der Waals surface area contributed by atoms with E-state index in [-0.39, 0.29) is 18.0 Å². The molecule has 2 N–H and O–H groups in total. The number of nitrogens with one attached hydrogen (secondary N) is 2. The maximum Gasteiger partial charge on any atom is 0.254 e. The molecule has 3 aromatic rings. The Balaban J connectivity index is 1.43. The van der Waals surface area contributed by atoms with Gasteiger partial charge in [-0.3, -0.25) is 19.2 Å². The van der Waals surface area contributed by atoms with Crippen molar-refractivity contribution in [2.75, 3.05) is 37.9 Å². The number of benzene rings is 1. The molecule has 1 saturated heterocycles. The number of methoxy groups -OCH3 is 1. The van der Waals surface area contributed by atoms with E-state index in [0.717, 1.165) is 71.6 Å². The highest BCUT2D eigenvalue weighted by molar-refractivity contribution is 7.98. The van der Waals surface area contributed by atoms with Crippen LogP contribution in [-0.4, -0.2) is 76.8 Å². The van der Waals surface area contributed by atoms with Crippen LogP contribution in [0.3, 0.4) is 0 Å². The zero-order valence-corrected chi connectivity index (χ0v) is 26.1. The van der Waals surface area contributed by atoms with Crippen LogP contribution in [0.2, 0.25) is 0 Å². The molecule has 2 aromatic heterocycles. The van der Waals surface area contributed by atoms with Gasteiger partial charge in [-0.15, -0.1) is 11.8 Å². The van der Waals surface area contributed by atoms with Crippen molar-refractivity contribution in [3.8, 4) is 0 Å². The lowest BCUT2D eigenvalue weighted by Gasteiger charge is -2.47. The first-order chi connectivity index (χ1) is 19.8. The number of carbonyl (C=O) groups excluding carboxylic acids is 1. The first-order valence-electron chi connectivity index (χ1n) is 14.9. The van der Waals surface area contributed by atoms with Crippen LogP contribution in [0.4, 0.5) is 5.69 Å². The highest BCUT2D eigenvalue weighted by Gasteiger charge is 2.36. The van der Waals surface area contributed by atoms with E-state index < -0.39 is 0 Å². The molecule has 0 atom stereocenters. The molecule has 0 unspecified atom stereocenters. The Morgan fingerprint density at radius 1 is 1.20 bits per heavy atom. The summed E-state index contributed by atoms with van der Waals surface area (Å²) in [5.74, 6) is -0.163. The topological polar surface area (TPSA) is 95.5 Å². The summed E-state index contributed by atoms with van der Waals surface area (Å²) in [6.45, 7) is 9.33. The molecule has 1 aromatic carbocycles. The number of rotatable bonds is 10. The summed E-state index contributed by atoms with van der Waals surface area (Å²) in [5, 5.41) is 8.75. The van der Waals surface area contributed by atoms with Crippen molar-refractivity contribution in [3.05, 3.63) is 51.1 Å². The Kier molecular flexibility index (Phi) is 9.11. The third-order valence-corrected chi connectivity index (χ3v) is 9.87. The standard InChI is InChI=1S/C31H44N6O3S/c1-7-23-24(30(38)32-15-26-28(41-6)13-19(3)34-31(26)39)14-27-25(16-33-35(27)4)29(23)37(8-2)21-11-9-20(10-12-21)36-17-22(18-36)40-5/h13-14,16,20-22H,7-12,15,17-18H2,1-6H3,(H,32,38)(H,34,39). The minimum Gasteiger partial charge on any atom is -0.379 e. The van der Waals surface area contributed by atoms with Gasteiger partial charge >= 0.3 is 0 Å². The first-order valence-corrected chi connectivity index (χ1v) is 16.1. The number of ether oxygens (including phenoxy) is 1. The lowest BCUT2D eigenvalue weighted by atomic mass is 9.86. The smallest absolute Gasteiger partial charge is 0.254 e. The van der Waals surface area contributed by atoms with Gasteiger partial charge in [0.1, 0.15) is 0 Å². The van der Waals surface area contributed by atoms with Crippen LogP contribution in [0.15, 0.2) is 28.0 Å². The molecule has 0 spiro atoms. The van der Waals surface area contributed by atoms with Crippen LogP contribution >= 0.6 is 11.8 Å². The van der Waals surface area contributed by atoms with Crippen LogP contribution < -0.4 is 15.8 Å².